The van der Waals surface area contributed by atoms with Gasteiger partial charge in [0.1, 0.15) is 0 Å². The number of nitrogens with zero attached hydrogens (tertiary/aromatic N) is 2. The molecule has 3 rings (SSSR count). The Morgan fingerprint density at radius 1 is 1.03 bits per heavy atom. The molecule has 1 N–H and O–H groups in total. The van der Waals surface area contributed by atoms with Crippen LogP contribution in [0.4, 0.5) is 11.4 Å². The zero-order valence-corrected chi connectivity index (χ0v) is 17.8. The zero-order chi connectivity index (χ0) is 20.8. The van der Waals surface area contributed by atoms with Crippen LogP contribution in [0.15, 0.2) is 36.4 Å². The summed E-state index contributed by atoms with van der Waals surface area (Å²) in [6.45, 7) is 12.0. The van der Waals surface area contributed by atoms with Crippen molar-refractivity contribution >= 4 is 17.3 Å². The van der Waals surface area contributed by atoms with Crippen LogP contribution < -0.4 is 19.7 Å². The standard InChI is InChI=1S/C23H31N3O3/c1-5-25-11-13-26(14-12-25)19-8-9-20(17(3)15-19)24-23(27)18-7-10-21(28-4)22(16-18)29-6-2/h7-10,15-16H,5-6,11-14H2,1-4H3,(H,24,27). The molecule has 0 unspecified atom stereocenters. The maximum atomic E-state index is 12.8. The fraction of sp³-hybridized carbons (Fsp3) is 0.435. The van der Waals surface area contributed by atoms with E-state index in [-0.39, 0.29) is 5.91 Å². The molecule has 0 aliphatic carbocycles. The lowest BCUT2D eigenvalue weighted by Gasteiger charge is -2.35. The van der Waals surface area contributed by atoms with Crippen molar-refractivity contribution in [2.24, 2.45) is 0 Å². The fourth-order valence-electron chi connectivity index (χ4n) is 3.59. The molecule has 2 aromatic carbocycles. The molecule has 1 heterocycles. The maximum absolute atomic E-state index is 12.8. The SMILES string of the molecule is CCOc1cc(C(=O)Nc2ccc(N3CCN(CC)CC3)cc2C)ccc1OC. The summed E-state index contributed by atoms with van der Waals surface area (Å²) in [6.07, 6.45) is 0. The first-order valence-corrected chi connectivity index (χ1v) is 10.3. The topological polar surface area (TPSA) is 54.0 Å². The normalized spacial score (nSPS) is 14.6. The van der Waals surface area contributed by atoms with Crippen LogP contribution in [0, 0.1) is 6.92 Å². The van der Waals surface area contributed by atoms with E-state index in [0.717, 1.165) is 44.0 Å². The molecule has 0 atom stereocenters. The highest BCUT2D eigenvalue weighted by atomic mass is 16.5. The third-order valence-electron chi connectivity index (χ3n) is 5.37. The first-order valence-electron chi connectivity index (χ1n) is 10.3. The smallest absolute Gasteiger partial charge is 0.255 e. The molecule has 0 bridgehead atoms. The van der Waals surface area contributed by atoms with Gasteiger partial charge in [0.2, 0.25) is 0 Å². The van der Waals surface area contributed by atoms with E-state index in [0.29, 0.717) is 23.7 Å². The minimum atomic E-state index is -0.166. The molecule has 29 heavy (non-hydrogen) atoms. The summed E-state index contributed by atoms with van der Waals surface area (Å²) < 4.78 is 10.9. The number of amides is 1. The van der Waals surface area contributed by atoms with Gasteiger partial charge in [-0.1, -0.05) is 6.92 Å². The van der Waals surface area contributed by atoms with Crippen LogP contribution in [0.3, 0.4) is 0 Å². The zero-order valence-electron chi connectivity index (χ0n) is 17.8. The van der Waals surface area contributed by atoms with Gasteiger partial charge in [-0.05, 0) is 62.4 Å². The van der Waals surface area contributed by atoms with E-state index in [1.807, 2.05) is 19.9 Å². The summed E-state index contributed by atoms with van der Waals surface area (Å²) >= 11 is 0. The Labute approximate surface area is 173 Å². The number of methoxy groups -OCH3 is 1. The lowest BCUT2D eigenvalue weighted by molar-refractivity contribution is 0.102. The number of ether oxygens (including phenoxy) is 2. The minimum Gasteiger partial charge on any atom is -0.493 e. The van der Waals surface area contributed by atoms with Crippen molar-refractivity contribution in [2.45, 2.75) is 20.8 Å². The van der Waals surface area contributed by atoms with Crippen molar-refractivity contribution < 1.29 is 14.3 Å². The Morgan fingerprint density at radius 2 is 1.79 bits per heavy atom. The highest BCUT2D eigenvalue weighted by Gasteiger charge is 2.17. The Bertz CT molecular complexity index is 845. The third-order valence-corrected chi connectivity index (χ3v) is 5.37. The Kier molecular flexibility index (Phi) is 6.99. The third kappa shape index (κ3) is 5.01. The second kappa shape index (κ2) is 9.65. The van der Waals surface area contributed by atoms with Crippen LogP contribution in [-0.4, -0.2) is 57.2 Å². The Hall–Kier alpha value is -2.73. The number of hydrogen-bond donors (Lipinski definition) is 1. The van der Waals surface area contributed by atoms with E-state index in [4.69, 9.17) is 9.47 Å². The molecule has 1 aliphatic rings. The van der Waals surface area contributed by atoms with Gasteiger partial charge in [-0.2, -0.15) is 0 Å². The van der Waals surface area contributed by atoms with E-state index < -0.39 is 0 Å². The monoisotopic (exact) mass is 397 g/mol. The molecule has 1 amide bonds. The molecule has 0 saturated carbocycles. The second-order valence-electron chi connectivity index (χ2n) is 7.17. The van der Waals surface area contributed by atoms with Gasteiger partial charge >= 0.3 is 0 Å². The van der Waals surface area contributed by atoms with Gasteiger partial charge in [0.05, 0.1) is 13.7 Å². The average molecular weight is 398 g/mol. The molecule has 0 radical (unpaired) electrons. The quantitative estimate of drug-likeness (QED) is 0.770. The summed E-state index contributed by atoms with van der Waals surface area (Å²) in [7, 11) is 1.59. The van der Waals surface area contributed by atoms with Crippen molar-refractivity contribution in [2.75, 3.05) is 56.7 Å². The van der Waals surface area contributed by atoms with Gasteiger partial charge in [-0.3, -0.25) is 4.79 Å². The summed E-state index contributed by atoms with van der Waals surface area (Å²) in [5.74, 6) is 1.02. The van der Waals surface area contributed by atoms with Gasteiger partial charge in [0, 0.05) is 43.1 Å². The molecule has 1 aliphatic heterocycles. The number of rotatable bonds is 7. The molecule has 1 saturated heterocycles. The molecule has 6 heteroatoms. The minimum absolute atomic E-state index is 0.166. The van der Waals surface area contributed by atoms with E-state index in [1.54, 1.807) is 25.3 Å². The summed E-state index contributed by atoms with van der Waals surface area (Å²) in [5.41, 5.74) is 3.61. The number of nitrogens with one attached hydrogen (secondary N) is 1. The number of anilines is 2. The van der Waals surface area contributed by atoms with Crippen molar-refractivity contribution in [3.63, 3.8) is 0 Å². The van der Waals surface area contributed by atoms with Gasteiger partial charge in [0.25, 0.3) is 5.91 Å². The second-order valence-corrected chi connectivity index (χ2v) is 7.17. The van der Waals surface area contributed by atoms with E-state index in [2.05, 4.69) is 34.2 Å². The van der Waals surface area contributed by atoms with Gasteiger partial charge in [-0.15, -0.1) is 0 Å². The highest BCUT2D eigenvalue weighted by Crippen LogP contribution is 2.29. The van der Waals surface area contributed by atoms with Crippen molar-refractivity contribution in [3.8, 4) is 11.5 Å². The molecular weight excluding hydrogens is 366 g/mol. The molecule has 1 fully saturated rings. The molecule has 0 aromatic heterocycles. The van der Waals surface area contributed by atoms with Crippen LogP contribution in [0.1, 0.15) is 29.8 Å². The highest BCUT2D eigenvalue weighted by molar-refractivity contribution is 6.05. The number of hydrogen-bond acceptors (Lipinski definition) is 5. The number of likely N-dealkylation sites (N-methyl/N-ethyl adjacent to an activating group) is 1. The molecule has 156 valence electrons. The molecular formula is C23H31N3O3. The van der Waals surface area contributed by atoms with Gasteiger partial charge < -0.3 is 24.6 Å². The van der Waals surface area contributed by atoms with Crippen LogP contribution in [-0.2, 0) is 0 Å². The van der Waals surface area contributed by atoms with Crippen LogP contribution in [0.5, 0.6) is 11.5 Å². The van der Waals surface area contributed by atoms with Crippen molar-refractivity contribution in [1.29, 1.82) is 0 Å². The molecule has 6 nitrogen and oxygen atoms in total. The van der Waals surface area contributed by atoms with E-state index in [1.165, 1.54) is 5.69 Å². The van der Waals surface area contributed by atoms with Crippen molar-refractivity contribution in [1.82, 2.24) is 4.90 Å². The number of benzene rings is 2. The first kappa shape index (κ1) is 21.0. The van der Waals surface area contributed by atoms with Gasteiger partial charge in [-0.25, -0.2) is 0 Å². The lowest BCUT2D eigenvalue weighted by atomic mass is 10.1. The number of piperazine rings is 1. The molecule has 0 spiro atoms. The Balaban J connectivity index is 1.70. The molecule has 2 aromatic rings. The van der Waals surface area contributed by atoms with Gasteiger partial charge in [0.15, 0.2) is 11.5 Å². The first-order chi connectivity index (χ1) is 14.0. The van der Waals surface area contributed by atoms with Crippen LogP contribution in [0.2, 0.25) is 0 Å². The van der Waals surface area contributed by atoms with Crippen LogP contribution in [0.25, 0.3) is 0 Å². The summed E-state index contributed by atoms with van der Waals surface area (Å²) in [5, 5.41) is 3.02. The number of carbonyl (C=O) groups excluding carboxylic acids is 1. The van der Waals surface area contributed by atoms with E-state index >= 15 is 0 Å². The largest absolute Gasteiger partial charge is 0.493 e. The van der Waals surface area contributed by atoms with Crippen LogP contribution >= 0.6 is 0 Å². The van der Waals surface area contributed by atoms with Crippen molar-refractivity contribution in [3.05, 3.63) is 47.5 Å². The number of aryl methyl sites for hydroxylation is 1. The predicted molar refractivity (Wildman–Crippen MR) is 118 cm³/mol. The fourth-order valence-corrected chi connectivity index (χ4v) is 3.59. The summed E-state index contributed by atoms with van der Waals surface area (Å²) in [4.78, 5) is 17.6. The number of carbonyl (C=O) groups is 1. The average Bonchev–Trinajstić information content (AvgIpc) is 2.75. The summed E-state index contributed by atoms with van der Waals surface area (Å²) in [6, 6.07) is 11.4. The van der Waals surface area contributed by atoms with E-state index in [9.17, 15) is 4.79 Å². The lowest BCUT2D eigenvalue weighted by Crippen LogP contribution is -2.46. The maximum Gasteiger partial charge on any atom is 0.255 e. The predicted octanol–water partition coefficient (Wildman–Crippen LogP) is 3.80. The Morgan fingerprint density at radius 3 is 2.41 bits per heavy atom.